The van der Waals surface area contributed by atoms with Crippen LogP contribution in [0.15, 0.2) is 72.0 Å². The summed E-state index contributed by atoms with van der Waals surface area (Å²) in [6.07, 6.45) is 1.84. The molecule has 0 N–H and O–H groups in total. The standard InChI is InChI=1S/C22H22O3/c1-3-24-20(23)19-16(2)25-22(21(19)14-15-21,17-10-6-4-7-11-17)18-12-8-5-9-13-18/h4-13H,3,14-15H2,1-2H3. The number of rotatable bonds is 4. The molecule has 3 nitrogen and oxygen atoms in total. The number of benzene rings is 2. The third-order valence-corrected chi connectivity index (χ3v) is 5.40. The van der Waals surface area contributed by atoms with Gasteiger partial charge in [0.15, 0.2) is 5.60 Å². The Morgan fingerprint density at radius 1 is 1.00 bits per heavy atom. The van der Waals surface area contributed by atoms with Crippen LogP contribution in [0.5, 0.6) is 0 Å². The molecule has 2 aliphatic rings. The number of carbonyl (C=O) groups is 1. The van der Waals surface area contributed by atoms with E-state index in [-0.39, 0.29) is 11.4 Å². The van der Waals surface area contributed by atoms with Crippen molar-refractivity contribution < 1.29 is 14.3 Å². The molecule has 128 valence electrons. The molecule has 3 heteroatoms. The summed E-state index contributed by atoms with van der Waals surface area (Å²) in [5, 5.41) is 0. The van der Waals surface area contributed by atoms with E-state index >= 15 is 0 Å². The second kappa shape index (κ2) is 5.76. The summed E-state index contributed by atoms with van der Waals surface area (Å²) in [7, 11) is 0. The molecule has 4 rings (SSSR count). The van der Waals surface area contributed by atoms with Crippen molar-refractivity contribution in [2.75, 3.05) is 6.61 Å². The lowest BCUT2D eigenvalue weighted by molar-refractivity contribution is -0.139. The smallest absolute Gasteiger partial charge is 0.338 e. The Morgan fingerprint density at radius 3 is 1.96 bits per heavy atom. The first kappa shape index (κ1) is 15.9. The van der Waals surface area contributed by atoms with Crippen LogP contribution >= 0.6 is 0 Å². The maximum absolute atomic E-state index is 12.7. The number of allylic oxidation sites excluding steroid dienone is 1. The minimum atomic E-state index is -0.665. The van der Waals surface area contributed by atoms with Gasteiger partial charge in [0.05, 0.1) is 17.6 Å². The van der Waals surface area contributed by atoms with Crippen molar-refractivity contribution in [1.82, 2.24) is 0 Å². The number of ether oxygens (including phenoxy) is 2. The van der Waals surface area contributed by atoms with Crippen LogP contribution in [0.3, 0.4) is 0 Å². The number of carbonyl (C=O) groups excluding carboxylic acids is 1. The monoisotopic (exact) mass is 334 g/mol. The fourth-order valence-corrected chi connectivity index (χ4v) is 4.34. The summed E-state index contributed by atoms with van der Waals surface area (Å²) in [6.45, 7) is 4.10. The van der Waals surface area contributed by atoms with E-state index in [4.69, 9.17) is 9.47 Å². The first-order valence-electron chi connectivity index (χ1n) is 8.84. The molecule has 1 spiro atoms. The Morgan fingerprint density at radius 2 is 1.52 bits per heavy atom. The Labute approximate surface area is 148 Å². The molecule has 0 bridgehead atoms. The Kier molecular flexibility index (Phi) is 3.68. The van der Waals surface area contributed by atoms with E-state index < -0.39 is 5.60 Å². The van der Waals surface area contributed by atoms with E-state index in [1.807, 2.05) is 50.2 Å². The van der Waals surface area contributed by atoms with Crippen molar-refractivity contribution in [3.63, 3.8) is 0 Å². The SMILES string of the molecule is CCOC(=O)C1=C(C)OC(c2ccccc2)(c2ccccc2)C12CC2. The molecule has 0 saturated heterocycles. The molecule has 1 saturated carbocycles. The lowest BCUT2D eigenvalue weighted by Gasteiger charge is -2.37. The van der Waals surface area contributed by atoms with Crippen LogP contribution in [-0.2, 0) is 19.9 Å². The lowest BCUT2D eigenvalue weighted by atomic mass is 9.71. The van der Waals surface area contributed by atoms with Gasteiger partial charge in [-0.3, -0.25) is 0 Å². The summed E-state index contributed by atoms with van der Waals surface area (Å²) < 4.78 is 11.9. The highest BCUT2D eigenvalue weighted by atomic mass is 16.5. The van der Waals surface area contributed by atoms with Gasteiger partial charge in [0.2, 0.25) is 0 Å². The highest BCUT2D eigenvalue weighted by Gasteiger charge is 2.70. The molecule has 0 atom stereocenters. The molecule has 2 aromatic rings. The Balaban J connectivity index is 1.92. The fourth-order valence-electron chi connectivity index (χ4n) is 4.34. The van der Waals surface area contributed by atoms with Gasteiger partial charge < -0.3 is 9.47 Å². The van der Waals surface area contributed by atoms with Crippen molar-refractivity contribution in [2.24, 2.45) is 5.41 Å². The molecule has 25 heavy (non-hydrogen) atoms. The number of hydrogen-bond acceptors (Lipinski definition) is 3. The predicted octanol–water partition coefficient (Wildman–Crippen LogP) is 4.58. The summed E-state index contributed by atoms with van der Waals surface area (Å²) in [6, 6.07) is 20.5. The first-order chi connectivity index (χ1) is 12.2. The highest BCUT2D eigenvalue weighted by molar-refractivity contribution is 5.93. The molecule has 1 fully saturated rings. The predicted molar refractivity (Wildman–Crippen MR) is 95.7 cm³/mol. The van der Waals surface area contributed by atoms with E-state index in [9.17, 15) is 4.79 Å². The van der Waals surface area contributed by atoms with Gasteiger partial charge in [-0.15, -0.1) is 0 Å². The fraction of sp³-hybridized carbons (Fsp3) is 0.318. The minimum Gasteiger partial charge on any atom is -0.481 e. The first-order valence-corrected chi connectivity index (χ1v) is 8.84. The molecule has 0 aromatic heterocycles. The van der Waals surface area contributed by atoms with Gasteiger partial charge in [0.25, 0.3) is 0 Å². The largest absolute Gasteiger partial charge is 0.481 e. The molecule has 1 aliphatic carbocycles. The maximum atomic E-state index is 12.7. The average molecular weight is 334 g/mol. The van der Waals surface area contributed by atoms with Crippen molar-refractivity contribution in [1.29, 1.82) is 0 Å². The summed E-state index contributed by atoms with van der Waals surface area (Å²) in [4.78, 5) is 12.7. The topological polar surface area (TPSA) is 35.5 Å². The van der Waals surface area contributed by atoms with E-state index in [0.717, 1.165) is 24.0 Å². The van der Waals surface area contributed by atoms with Gasteiger partial charge in [0.1, 0.15) is 5.76 Å². The van der Waals surface area contributed by atoms with Gasteiger partial charge in [-0.2, -0.15) is 0 Å². The second-order valence-electron chi connectivity index (χ2n) is 6.75. The summed E-state index contributed by atoms with van der Waals surface area (Å²) in [5.41, 5.74) is 1.87. The van der Waals surface area contributed by atoms with Crippen LogP contribution in [0.4, 0.5) is 0 Å². The zero-order chi connectivity index (χ0) is 17.5. The maximum Gasteiger partial charge on any atom is 0.338 e. The third-order valence-electron chi connectivity index (χ3n) is 5.40. The van der Waals surface area contributed by atoms with Crippen LogP contribution in [0.25, 0.3) is 0 Å². The van der Waals surface area contributed by atoms with Gasteiger partial charge >= 0.3 is 5.97 Å². The molecule has 0 amide bonds. The molecule has 1 aliphatic heterocycles. The molecular weight excluding hydrogens is 312 g/mol. The third kappa shape index (κ3) is 2.15. The van der Waals surface area contributed by atoms with Crippen LogP contribution < -0.4 is 0 Å². The van der Waals surface area contributed by atoms with Crippen molar-refractivity contribution in [2.45, 2.75) is 32.3 Å². The van der Waals surface area contributed by atoms with Crippen LogP contribution in [0, 0.1) is 5.41 Å². The van der Waals surface area contributed by atoms with Crippen LogP contribution in [-0.4, -0.2) is 12.6 Å². The lowest BCUT2D eigenvalue weighted by Crippen LogP contribution is -2.38. The number of esters is 1. The Hall–Kier alpha value is -2.55. The van der Waals surface area contributed by atoms with Gasteiger partial charge in [0, 0.05) is 11.1 Å². The summed E-state index contributed by atoms with van der Waals surface area (Å²) in [5.74, 6) is 0.440. The van der Waals surface area contributed by atoms with E-state index in [0.29, 0.717) is 17.9 Å². The van der Waals surface area contributed by atoms with E-state index in [1.165, 1.54) is 0 Å². The van der Waals surface area contributed by atoms with Crippen LogP contribution in [0.1, 0.15) is 37.8 Å². The molecule has 1 heterocycles. The minimum absolute atomic E-state index is 0.244. The summed E-state index contributed by atoms with van der Waals surface area (Å²) >= 11 is 0. The van der Waals surface area contributed by atoms with Gasteiger partial charge in [-0.05, 0) is 26.7 Å². The second-order valence-corrected chi connectivity index (χ2v) is 6.75. The van der Waals surface area contributed by atoms with Crippen molar-refractivity contribution in [3.05, 3.63) is 83.1 Å². The van der Waals surface area contributed by atoms with Crippen LogP contribution in [0.2, 0.25) is 0 Å². The molecular formula is C22H22O3. The van der Waals surface area contributed by atoms with Gasteiger partial charge in [-0.25, -0.2) is 4.79 Å². The zero-order valence-electron chi connectivity index (χ0n) is 14.6. The van der Waals surface area contributed by atoms with Gasteiger partial charge in [-0.1, -0.05) is 60.7 Å². The Bertz CT molecular complexity index is 777. The normalized spacial score (nSPS) is 19.6. The van der Waals surface area contributed by atoms with Crippen molar-refractivity contribution in [3.8, 4) is 0 Å². The zero-order valence-corrected chi connectivity index (χ0v) is 14.6. The highest BCUT2D eigenvalue weighted by Crippen LogP contribution is 2.71. The average Bonchev–Trinajstić information content (AvgIpc) is 3.37. The number of hydrogen-bond donors (Lipinski definition) is 0. The van der Waals surface area contributed by atoms with Crippen molar-refractivity contribution >= 4 is 5.97 Å². The molecule has 2 aromatic carbocycles. The van der Waals surface area contributed by atoms with E-state index in [1.54, 1.807) is 0 Å². The molecule has 0 radical (unpaired) electrons. The molecule has 0 unspecified atom stereocenters. The van der Waals surface area contributed by atoms with E-state index in [2.05, 4.69) is 24.3 Å². The quantitative estimate of drug-likeness (QED) is 0.768.